The highest BCUT2D eigenvalue weighted by molar-refractivity contribution is 5.80. The van der Waals surface area contributed by atoms with Crippen LogP contribution in [-0.2, 0) is 11.3 Å². The number of likely N-dealkylation sites (N-methyl/N-ethyl adjacent to an activating group) is 1. The summed E-state index contributed by atoms with van der Waals surface area (Å²) in [5.74, 6) is 0.684. The van der Waals surface area contributed by atoms with Crippen molar-refractivity contribution in [1.82, 2.24) is 10.6 Å². The van der Waals surface area contributed by atoms with Crippen molar-refractivity contribution in [2.45, 2.75) is 53.3 Å². The molecule has 1 amide bonds. The third-order valence-electron chi connectivity index (χ3n) is 3.14. The largest absolute Gasteiger partial charge is 0.480 e. The van der Waals surface area contributed by atoms with Crippen LogP contribution in [0.5, 0.6) is 5.75 Å². The maximum absolute atomic E-state index is 11.5. The Hall–Kier alpha value is -1.55. The van der Waals surface area contributed by atoms with Crippen molar-refractivity contribution in [2.24, 2.45) is 0 Å². The van der Waals surface area contributed by atoms with Gasteiger partial charge in [0.15, 0.2) is 6.10 Å². The highest BCUT2D eigenvalue weighted by Crippen LogP contribution is 2.26. The molecule has 0 fully saturated rings. The molecule has 0 aliphatic carbocycles. The van der Waals surface area contributed by atoms with E-state index in [4.69, 9.17) is 4.74 Å². The Kier molecular flexibility index (Phi) is 6.02. The Morgan fingerprint density at radius 3 is 2.20 bits per heavy atom. The van der Waals surface area contributed by atoms with Gasteiger partial charge in [-0.05, 0) is 37.5 Å². The van der Waals surface area contributed by atoms with Crippen molar-refractivity contribution in [3.8, 4) is 5.75 Å². The van der Waals surface area contributed by atoms with Gasteiger partial charge in [-0.25, -0.2) is 0 Å². The standard InChI is InChI=1S/C16H26N2O2/c1-10(2)18-9-14-7-11(3)15(12(4)8-14)20-13(5)16(19)17-6/h7-8,10,13,18H,9H2,1-6H3,(H,17,19). The lowest BCUT2D eigenvalue weighted by Gasteiger charge is -2.18. The summed E-state index contributed by atoms with van der Waals surface area (Å²) in [6, 6.07) is 4.67. The second kappa shape index (κ2) is 7.29. The van der Waals surface area contributed by atoms with E-state index in [-0.39, 0.29) is 5.91 Å². The van der Waals surface area contributed by atoms with E-state index < -0.39 is 6.10 Å². The molecule has 0 aliphatic heterocycles. The van der Waals surface area contributed by atoms with Crippen LogP contribution in [0.4, 0.5) is 0 Å². The molecule has 0 saturated carbocycles. The number of amides is 1. The predicted octanol–water partition coefficient (Wildman–Crippen LogP) is 2.31. The molecule has 0 spiro atoms. The summed E-state index contributed by atoms with van der Waals surface area (Å²) in [7, 11) is 1.61. The van der Waals surface area contributed by atoms with Crippen LogP contribution >= 0.6 is 0 Å². The second-order valence-electron chi connectivity index (χ2n) is 5.47. The molecule has 4 heteroatoms. The molecule has 0 heterocycles. The van der Waals surface area contributed by atoms with Crippen LogP contribution in [0.3, 0.4) is 0 Å². The average molecular weight is 278 g/mol. The predicted molar refractivity (Wildman–Crippen MR) is 82.0 cm³/mol. The van der Waals surface area contributed by atoms with Crippen LogP contribution in [0, 0.1) is 13.8 Å². The first kappa shape index (κ1) is 16.5. The maximum atomic E-state index is 11.5. The summed E-state index contributed by atoms with van der Waals surface area (Å²) in [4.78, 5) is 11.5. The van der Waals surface area contributed by atoms with Crippen LogP contribution < -0.4 is 15.4 Å². The number of ether oxygens (including phenoxy) is 1. The number of aryl methyl sites for hydroxylation is 2. The lowest BCUT2D eigenvalue weighted by molar-refractivity contribution is -0.126. The van der Waals surface area contributed by atoms with Crippen molar-refractivity contribution in [3.05, 3.63) is 28.8 Å². The topological polar surface area (TPSA) is 50.4 Å². The highest BCUT2D eigenvalue weighted by atomic mass is 16.5. The van der Waals surface area contributed by atoms with E-state index >= 15 is 0 Å². The van der Waals surface area contributed by atoms with Gasteiger partial charge in [-0.3, -0.25) is 4.79 Å². The van der Waals surface area contributed by atoms with E-state index in [2.05, 4.69) is 36.6 Å². The molecule has 1 atom stereocenters. The Balaban J connectivity index is 2.86. The molecule has 1 aromatic carbocycles. The number of hydrogen-bond donors (Lipinski definition) is 2. The van der Waals surface area contributed by atoms with Crippen LogP contribution in [0.1, 0.15) is 37.5 Å². The molecule has 2 N–H and O–H groups in total. The summed E-state index contributed by atoms with van der Waals surface area (Å²) < 4.78 is 5.78. The summed E-state index contributed by atoms with van der Waals surface area (Å²) in [5.41, 5.74) is 3.34. The maximum Gasteiger partial charge on any atom is 0.260 e. The van der Waals surface area contributed by atoms with E-state index in [1.54, 1.807) is 14.0 Å². The van der Waals surface area contributed by atoms with Crippen molar-refractivity contribution >= 4 is 5.91 Å². The summed E-state index contributed by atoms with van der Waals surface area (Å²) in [6.07, 6.45) is -0.489. The van der Waals surface area contributed by atoms with Gasteiger partial charge in [-0.1, -0.05) is 26.0 Å². The smallest absolute Gasteiger partial charge is 0.260 e. The number of carbonyl (C=O) groups excluding carboxylic acids is 1. The Morgan fingerprint density at radius 1 is 1.20 bits per heavy atom. The molecule has 1 aromatic rings. The highest BCUT2D eigenvalue weighted by Gasteiger charge is 2.15. The van der Waals surface area contributed by atoms with E-state index in [9.17, 15) is 4.79 Å². The first-order chi connectivity index (χ1) is 9.35. The van der Waals surface area contributed by atoms with Crippen molar-refractivity contribution < 1.29 is 9.53 Å². The van der Waals surface area contributed by atoms with Crippen LogP contribution in [0.2, 0.25) is 0 Å². The van der Waals surface area contributed by atoms with Crippen LogP contribution in [-0.4, -0.2) is 25.1 Å². The van der Waals surface area contributed by atoms with E-state index in [1.807, 2.05) is 13.8 Å². The molecule has 0 bridgehead atoms. The fourth-order valence-corrected chi connectivity index (χ4v) is 2.08. The van der Waals surface area contributed by atoms with Gasteiger partial charge >= 0.3 is 0 Å². The van der Waals surface area contributed by atoms with E-state index in [0.717, 1.165) is 23.4 Å². The van der Waals surface area contributed by atoms with E-state index in [1.165, 1.54) is 5.56 Å². The van der Waals surface area contributed by atoms with E-state index in [0.29, 0.717) is 6.04 Å². The first-order valence-electron chi connectivity index (χ1n) is 7.07. The number of nitrogens with one attached hydrogen (secondary N) is 2. The zero-order valence-electron chi connectivity index (χ0n) is 13.3. The van der Waals surface area contributed by atoms with Crippen LogP contribution in [0.25, 0.3) is 0 Å². The summed E-state index contributed by atoms with van der Waals surface area (Å²) in [6.45, 7) is 10.9. The molecule has 0 aliphatic rings. The van der Waals surface area contributed by atoms with Gasteiger partial charge in [-0.2, -0.15) is 0 Å². The van der Waals surface area contributed by atoms with Gasteiger partial charge in [0.2, 0.25) is 0 Å². The van der Waals surface area contributed by atoms with Gasteiger partial charge in [0.1, 0.15) is 5.75 Å². The van der Waals surface area contributed by atoms with Crippen LogP contribution in [0.15, 0.2) is 12.1 Å². The minimum absolute atomic E-state index is 0.116. The first-order valence-corrected chi connectivity index (χ1v) is 7.07. The second-order valence-corrected chi connectivity index (χ2v) is 5.47. The third-order valence-corrected chi connectivity index (χ3v) is 3.14. The Bertz CT molecular complexity index is 447. The van der Waals surface area contributed by atoms with Crippen molar-refractivity contribution in [3.63, 3.8) is 0 Å². The van der Waals surface area contributed by atoms with Crippen molar-refractivity contribution in [1.29, 1.82) is 0 Å². The van der Waals surface area contributed by atoms with Gasteiger partial charge < -0.3 is 15.4 Å². The molecular weight excluding hydrogens is 252 g/mol. The lowest BCUT2D eigenvalue weighted by Crippen LogP contribution is -2.34. The monoisotopic (exact) mass is 278 g/mol. The minimum atomic E-state index is -0.489. The normalized spacial score (nSPS) is 12.3. The molecule has 20 heavy (non-hydrogen) atoms. The SMILES string of the molecule is CNC(=O)C(C)Oc1c(C)cc(CNC(C)C)cc1C. The minimum Gasteiger partial charge on any atom is -0.480 e. The molecular formula is C16H26N2O2. The summed E-state index contributed by atoms with van der Waals surface area (Å²) in [5, 5.41) is 5.99. The number of hydrogen-bond acceptors (Lipinski definition) is 3. The molecule has 0 saturated heterocycles. The molecule has 1 unspecified atom stereocenters. The Labute approximate surface area is 121 Å². The van der Waals surface area contributed by atoms with Gasteiger partial charge in [-0.15, -0.1) is 0 Å². The molecule has 0 radical (unpaired) electrons. The molecule has 1 rings (SSSR count). The zero-order chi connectivity index (χ0) is 15.3. The fraction of sp³-hybridized carbons (Fsp3) is 0.562. The quantitative estimate of drug-likeness (QED) is 0.839. The fourth-order valence-electron chi connectivity index (χ4n) is 2.08. The molecule has 0 aromatic heterocycles. The van der Waals surface area contributed by atoms with Gasteiger partial charge in [0.25, 0.3) is 5.91 Å². The number of benzene rings is 1. The average Bonchev–Trinajstić information content (AvgIpc) is 2.39. The zero-order valence-corrected chi connectivity index (χ0v) is 13.3. The van der Waals surface area contributed by atoms with Gasteiger partial charge in [0.05, 0.1) is 0 Å². The molecule has 4 nitrogen and oxygen atoms in total. The number of rotatable bonds is 6. The summed E-state index contributed by atoms with van der Waals surface area (Å²) >= 11 is 0. The van der Waals surface area contributed by atoms with Crippen molar-refractivity contribution in [2.75, 3.05) is 7.05 Å². The lowest BCUT2D eigenvalue weighted by atomic mass is 10.1. The number of carbonyl (C=O) groups is 1. The molecule has 112 valence electrons. The third kappa shape index (κ3) is 4.53. The van der Waals surface area contributed by atoms with Gasteiger partial charge in [0, 0.05) is 19.6 Å². The Morgan fingerprint density at radius 2 is 1.75 bits per heavy atom.